The van der Waals surface area contributed by atoms with Crippen LogP contribution in [-0.4, -0.2) is 33.7 Å². The molecule has 0 N–H and O–H groups in total. The zero-order valence-electron chi connectivity index (χ0n) is 11.0. The topological polar surface area (TPSA) is 77.5 Å². The number of carbonyl (C=O) groups is 1. The minimum Gasteiger partial charge on any atom is -0.550 e. The summed E-state index contributed by atoms with van der Waals surface area (Å²) in [7, 11) is -3.17. The molecule has 1 aliphatic rings. The van der Waals surface area contributed by atoms with Gasteiger partial charge < -0.3 is 14.8 Å². The van der Waals surface area contributed by atoms with E-state index in [2.05, 4.69) is 0 Å². The minimum atomic E-state index is -3.17. The van der Waals surface area contributed by atoms with Crippen molar-refractivity contribution in [2.45, 2.75) is 11.3 Å². The van der Waals surface area contributed by atoms with Gasteiger partial charge >= 0.3 is 18.9 Å². The molecule has 0 unspecified atom stereocenters. The molecule has 0 aromatic heterocycles. The van der Waals surface area contributed by atoms with Crippen LogP contribution in [0, 0.1) is 5.92 Å². The summed E-state index contributed by atoms with van der Waals surface area (Å²) in [5.74, 6) is -0.892. The van der Waals surface area contributed by atoms with Crippen molar-refractivity contribution in [2.75, 3.05) is 24.2 Å². The van der Waals surface area contributed by atoms with Crippen LogP contribution >= 0.6 is 0 Å². The van der Waals surface area contributed by atoms with Crippen LogP contribution < -0.4 is 28.9 Å². The third-order valence-corrected chi connectivity index (χ3v) is 4.17. The Labute approximate surface area is 124 Å². The number of anilines is 1. The second kappa shape index (κ2) is 5.99. The summed E-state index contributed by atoms with van der Waals surface area (Å²) in [6, 6.07) is 6.62. The number of carbonyl (C=O) groups excluding carboxylic acids is 1. The fourth-order valence-electron chi connectivity index (χ4n) is 2.05. The van der Waals surface area contributed by atoms with Crippen molar-refractivity contribution in [1.29, 1.82) is 0 Å². The van der Waals surface area contributed by atoms with Crippen molar-refractivity contribution in [3.8, 4) is 0 Å². The maximum absolute atomic E-state index is 11.3. The number of nitrogens with zero attached hydrogens (tertiary/aromatic N) is 1. The van der Waals surface area contributed by atoms with Gasteiger partial charge in [-0.05, 0) is 36.6 Å². The number of hydrogen-bond donors (Lipinski definition) is 0. The van der Waals surface area contributed by atoms with Crippen LogP contribution in [0.5, 0.6) is 0 Å². The third kappa shape index (κ3) is 4.00. The van der Waals surface area contributed by atoms with Gasteiger partial charge in [0.15, 0.2) is 9.84 Å². The Morgan fingerprint density at radius 3 is 2.26 bits per heavy atom. The molecule has 0 atom stereocenters. The fourth-order valence-corrected chi connectivity index (χ4v) is 2.68. The van der Waals surface area contributed by atoms with Crippen molar-refractivity contribution in [3.63, 3.8) is 0 Å². The van der Waals surface area contributed by atoms with Crippen LogP contribution in [0.15, 0.2) is 29.2 Å². The number of benzene rings is 1. The summed E-state index contributed by atoms with van der Waals surface area (Å²) < 4.78 is 22.6. The van der Waals surface area contributed by atoms with E-state index in [1.807, 2.05) is 4.90 Å². The summed E-state index contributed by atoms with van der Waals surface area (Å²) in [5, 5.41) is 10.4. The standard InChI is InChI=1S/C12H15NO4S.Li/c1-18(16,17)11-4-2-10(3-5-11)13-7-9(8-13)6-12(14)15;/h2-5,9H,6-8H2,1H3,(H,14,15);/q;+1/p-1. The van der Waals surface area contributed by atoms with E-state index < -0.39 is 15.8 Å². The SMILES string of the molecule is CS(=O)(=O)c1ccc(N2CC(CC(=O)[O-])C2)cc1.[Li+]. The van der Waals surface area contributed by atoms with E-state index in [4.69, 9.17) is 0 Å². The van der Waals surface area contributed by atoms with Gasteiger partial charge in [-0.2, -0.15) is 0 Å². The molecule has 1 aromatic rings. The minimum absolute atomic E-state index is 0. The first-order valence-corrected chi connectivity index (χ1v) is 7.50. The number of aliphatic carboxylic acids is 1. The van der Waals surface area contributed by atoms with Crippen molar-refractivity contribution in [2.24, 2.45) is 5.92 Å². The zero-order chi connectivity index (χ0) is 13.3. The van der Waals surface area contributed by atoms with Gasteiger partial charge in [-0.15, -0.1) is 0 Å². The number of rotatable bonds is 4. The molecule has 0 radical (unpaired) electrons. The van der Waals surface area contributed by atoms with Gasteiger partial charge in [-0.1, -0.05) is 0 Å². The molecule has 19 heavy (non-hydrogen) atoms. The molecule has 1 aromatic carbocycles. The van der Waals surface area contributed by atoms with E-state index >= 15 is 0 Å². The summed E-state index contributed by atoms with van der Waals surface area (Å²) in [6.07, 6.45) is 1.25. The Kier molecular flexibility index (Phi) is 5.08. The van der Waals surface area contributed by atoms with E-state index in [9.17, 15) is 18.3 Å². The Morgan fingerprint density at radius 2 is 1.84 bits per heavy atom. The normalized spacial score (nSPS) is 15.5. The van der Waals surface area contributed by atoms with Gasteiger partial charge in [0.2, 0.25) is 0 Å². The van der Waals surface area contributed by atoms with Crippen molar-refractivity contribution in [3.05, 3.63) is 24.3 Å². The van der Waals surface area contributed by atoms with Crippen LogP contribution in [-0.2, 0) is 14.6 Å². The van der Waals surface area contributed by atoms with Crippen molar-refractivity contribution < 1.29 is 37.2 Å². The second-order valence-electron chi connectivity index (χ2n) is 4.61. The van der Waals surface area contributed by atoms with E-state index in [0.29, 0.717) is 13.1 Å². The molecule has 1 saturated heterocycles. The summed E-state index contributed by atoms with van der Waals surface area (Å²) in [5.41, 5.74) is 0.914. The molecule has 1 fully saturated rings. The molecule has 1 heterocycles. The van der Waals surface area contributed by atoms with Gasteiger partial charge in [0.1, 0.15) is 0 Å². The smallest absolute Gasteiger partial charge is 0.550 e. The molecule has 0 saturated carbocycles. The van der Waals surface area contributed by atoms with E-state index in [0.717, 1.165) is 5.69 Å². The molecule has 0 bridgehead atoms. The molecule has 0 aliphatic carbocycles. The second-order valence-corrected chi connectivity index (χ2v) is 6.63. The number of sulfone groups is 1. The summed E-state index contributed by atoms with van der Waals surface area (Å²) in [6.45, 7) is 1.35. The first-order chi connectivity index (χ1) is 8.36. The Balaban J connectivity index is 0.00000180. The number of carboxylic acid groups (broad SMARTS) is 1. The molecule has 5 nitrogen and oxygen atoms in total. The summed E-state index contributed by atoms with van der Waals surface area (Å²) in [4.78, 5) is 12.7. The maximum atomic E-state index is 11.3. The van der Waals surface area contributed by atoms with Gasteiger partial charge in [-0.25, -0.2) is 8.42 Å². The van der Waals surface area contributed by atoms with Gasteiger partial charge in [-0.3, -0.25) is 0 Å². The average Bonchev–Trinajstić information content (AvgIpc) is 2.21. The van der Waals surface area contributed by atoms with Crippen molar-refractivity contribution in [1.82, 2.24) is 0 Å². The molecular weight excluding hydrogens is 261 g/mol. The van der Waals surface area contributed by atoms with E-state index in [1.54, 1.807) is 24.3 Å². The quantitative estimate of drug-likeness (QED) is 0.537. The average molecular weight is 275 g/mol. The predicted octanol–water partition coefficient (Wildman–Crippen LogP) is -3.33. The zero-order valence-corrected chi connectivity index (χ0v) is 11.8. The molecule has 0 amide bonds. The van der Waals surface area contributed by atoms with Gasteiger partial charge in [0.05, 0.1) is 4.90 Å². The largest absolute Gasteiger partial charge is 1.00 e. The molecule has 2 rings (SSSR count). The molecule has 7 heteroatoms. The van der Waals surface area contributed by atoms with E-state index in [1.165, 1.54) is 6.26 Å². The predicted molar refractivity (Wildman–Crippen MR) is 64.9 cm³/mol. The van der Waals surface area contributed by atoms with Crippen molar-refractivity contribution >= 4 is 21.5 Å². The van der Waals surface area contributed by atoms with Crippen LogP contribution in [0.3, 0.4) is 0 Å². The molecule has 0 spiro atoms. The third-order valence-electron chi connectivity index (χ3n) is 3.04. The molecule has 1 aliphatic heterocycles. The van der Waals surface area contributed by atoms with Crippen LogP contribution in [0.2, 0.25) is 0 Å². The Morgan fingerprint density at radius 1 is 1.32 bits per heavy atom. The number of hydrogen-bond acceptors (Lipinski definition) is 5. The van der Waals surface area contributed by atoms with Gasteiger partial charge in [0.25, 0.3) is 0 Å². The van der Waals surface area contributed by atoms with Crippen LogP contribution in [0.25, 0.3) is 0 Å². The Bertz CT molecular complexity index is 550. The monoisotopic (exact) mass is 275 g/mol. The Hall–Kier alpha value is -0.963. The fraction of sp³-hybridized carbons (Fsp3) is 0.417. The maximum Gasteiger partial charge on any atom is 1.00 e. The van der Waals surface area contributed by atoms with E-state index in [-0.39, 0.29) is 36.1 Å². The first kappa shape index (κ1) is 16.1. The molecule has 98 valence electrons. The first-order valence-electron chi connectivity index (χ1n) is 5.61. The van der Waals surface area contributed by atoms with Gasteiger partial charge in [0, 0.05) is 31.0 Å². The number of carboxylic acids is 1. The van der Waals surface area contributed by atoms with Crippen LogP contribution in [0.4, 0.5) is 5.69 Å². The molecular formula is C12H14LiNO4S. The van der Waals surface area contributed by atoms with Crippen LogP contribution in [0.1, 0.15) is 6.42 Å². The summed E-state index contributed by atoms with van der Waals surface area (Å²) >= 11 is 0.